The molecule has 3 aliphatic rings. The molecular weight excluding hydrogens is 220 g/mol. The second kappa shape index (κ2) is 5.50. The van der Waals surface area contributed by atoms with E-state index in [1.807, 2.05) is 0 Å². The molecule has 2 saturated carbocycles. The van der Waals surface area contributed by atoms with Crippen molar-refractivity contribution >= 4 is 0 Å². The maximum Gasteiger partial charge on any atom is 0.00683 e. The van der Waals surface area contributed by atoms with Crippen LogP contribution in [0.1, 0.15) is 58.3 Å². The molecule has 2 heteroatoms. The van der Waals surface area contributed by atoms with Crippen molar-refractivity contribution in [3.8, 4) is 0 Å². The van der Waals surface area contributed by atoms with Gasteiger partial charge in [-0.2, -0.15) is 0 Å². The molecule has 0 radical (unpaired) electrons. The van der Waals surface area contributed by atoms with E-state index in [-0.39, 0.29) is 0 Å². The van der Waals surface area contributed by atoms with Crippen molar-refractivity contribution < 1.29 is 0 Å². The third-order valence-electron chi connectivity index (χ3n) is 5.31. The summed E-state index contributed by atoms with van der Waals surface area (Å²) in [5.41, 5.74) is 0.636. The summed E-state index contributed by atoms with van der Waals surface area (Å²) in [5, 5.41) is 3.71. The van der Waals surface area contributed by atoms with Gasteiger partial charge in [-0.25, -0.2) is 0 Å². The first-order valence-electron chi connectivity index (χ1n) is 8.19. The molecule has 18 heavy (non-hydrogen) atoms. The summed E-state index contributed by atoms with van der Waals surface area (Å²) in [6, 6.07) is 0.884. The van der Waals surface area contributed by atoms with Gasteiger partial charge in [-0.15, -0.1) is 0 Å². The molecule has 104 valence electrons. The van der Waals surface area contributed by atoms with Gasteiger partial charge in [0.2, 0.25) is 0 Å². The maximum absolute atomic E-state index is 3.71. The van der Waals surface area contributed by atoms with Gasteiger partial charge in [-0.3, -0.25) is 0 Å². The first kappa shape index (κ1) is 12.9. The number of hydrogen-bond acceptors (Lipinski definition) is 2. The number of likely N-dealkylation sites (tertiary alicyclic amines) is 1. The number of rotatable bonds is 5. The van der Waals surface area contributed by atoms with Gasteiger partial charge in [0, 0.05) is 19.1 Å². The second-order valence-corrected chi connectivity index (χ2v) is 7.44. The molecule has 1 atom stereocenters. The summed E-state index contributed by atoms with van der Waals surface area (Å²) in [5.74, 6) is 0.929. The molecule has 2 aliphatic carbocycles. The summed E-state index contributed by atoms with van der Waals surface area (Å²) >= 11 is 0. The topological polar surface area (TPSA) is 15.3 Å². The second-order valence-electron chi connectivity index (χ2n) is 7.44. The van der Waals surface area contributed by atoms with Crippen LogP contribution in [0.4, 0.5) is 0 Å². The quantitative estimate of drug-likeness (QED) is 0.807. The average Bonchev–Trinajstić information content (AvgIpc) is 3.09. The minimum absolute atomic E-state index is 0.636. The van der Waals surface area contributed by atoms with E-state index in [1.165, 1.54) is 77.5 Å². The standard InChI is InChI=1S/C16H30N2/c1-16(8-3-2-4-9-16)13-18-10-7-14(12-18)11-17-15-5-6-15/h14-15,17H,2-13H2,1H3. The Morgan fingerprint density at radius 2 is 1.89 bits per heavy atom. The van der Waals surface area contributed by atoms with Crippen LogP contribution in [0.15, 0.2) is 0 Å². The molecule has 3 fully saturated rings. The lowest BCUT2D eigenvalue weighted by atomic mass is 9.75. The Labute approximate surface area is 113 Å². The van der Waals surface area contributed by atoms with Crippen LogP contribution in [0.3, 0.4) is 0 Å². The Morgan fingerprint density at radius 3 is 2.61 bits per heavy atom. The van der Waals surface area contributed by atoms with Gasteiger partial charge < -0.3 is 10.2 Å². The average molecular weight is 250 g/mol. The molecule has 0 bridgehead atoms. The zero-order valence-electron chi connectivity index (χ0n) is 12.1. The largest absolute Gasteiger partial charge is 0.314 e. The van der Waals surface area contributed by atoms with Crippen LogP contribution in [-0.4, -0.2) is 37.1 Å². The Kier molecular flexibility index (Phi) is 3.95. The highest BCUT2D eigenvalue weighted by atomic mass is 15.2. The van der Waals surface area contributed by atoms with E-state index in [2.05, 4.69) is 17.1 Å². The Bertz CT molecular complexity index is 266. The Hall–Kier alpha value is -0.0800. The van der Waals surface area contributed by atoms with Crippen LogP contribution in [0.25, 0.3) is 0 Å². The van der Waals surface area contributed by atoms with Crippen LogP contribution < -0.4 is 5.32 Å². The number of nitrogens with one attached hydrogen (secondary N) is 1. The fourth-order valence-corrected chi connectivity index (χ4v) is 3.95. The van der Waals surface area contributed by atoms with Gasteiger partial charge in [0.05, 0.1) is 0 Å². The summed E-state index contributed by atoms with van der Waals surface area (Å²) in [6.07, 6.45) is 11.6. The maximum atomic E-state index is 3.71. The van der Waals surface area contributed by atoms with Crippen molar-refractivity contribution in [2.45, 2.75) is 64.3 Å². The molecular formula is C16H30N2. The molecule has 0 amide bonds. The Morgan fingerprint density at radius 1 is 1.11 bits per heavy atom. The molecule has 1 unspecified atom stereocenters. The molecule has 0 aromatic carbocycles. The van der Waals surface area contributed by atoms with E-state index in [4.69, 9.17) is 0 Å². The SMILES string of the molecule is CC1(CN2CCC(CNC3CC3)C2)CCCCC1. The molecule has 2 nitrogen and oxygen atoms in total. The third-order valence-corrected chi connectivity index (χ3v) is 5.31. The van der Waals surface area contributed by atoms with Crippen LogP contribution in [0.5, 0.6) is 0 Å². The van der Waals surface area contributed by atoms with Crippen molar-refractivity contribution in [2.24, 2.45) is 11.3 Å². The van der Waals surface area contributed by atoms with E-state index in [0.717, 1.165) is 12.0 Å². The number of nitrogens with zero attached hydrogens (tertiary/aromatic N) is 1. The van der Waals surface area contributed by atoms with Crippen LogP contribution in [0, 0.1) is 11.3 Å². The fraction of sp³-hybridized carbons (Fsp3) is 1.00. The predicted octanol–water partition coefficient (Wildman–Crippen LogP) is 3.03. The highest BCUT2D eigenvalue weighted by Gasteiger charge is 2.32. The van der Waals surface area contributed by atoms with Crippen molar-refractivity contribution in [2.75, 3.05) is 26.2 Å². The van der Waals surface area contributed by atoms with Crippen LogP contribution >= 0.6 is 0 Å². The van der Waals surface area contributed by atoms with Crippen LogP contribution in [0.2, 0.25) is 0 Å². The Balaban J connectivity index is 1.40. The monoisotopic (exact) mass is 250 g/mol. The first-order valence-corrected chi connectivity index (χ1v) is 8.19. The summed E-state index contributed by atoms with van der Waals surface area (Å²) in [4.78, 5) is 2.75. The zero-order chi connectivity index (χ0) is 12.4. The molecule has 1 heterocycles. The van der Waals surface area contributed by atoms with E-state index in [0.29, 0.717) is 5.41 Å². The van der Waals surface area contributed by atoms with Gasteiger partial charge in [0.1, 0.15) is 0 Å². The first-order chi connectivity index (χ1) is 8.73. The lowest BCUT2D eigenvalue weighted by molar-refractivity contribution is 0.136. The lowest BCUT2D eigenvalue weighted by Gasteiger charge is -2.37. The summed E-state index contributed by atoms with van der Waals surface area (Å²) in [7, 11) is 0. The molecule has 1 aliphatic heterocycles. The third kappa shape index (κ3) is 3.48. The minimum atomic E-state index is 0.636. The normalized spacial score (nSPS) is 32.8. The highest BCUT2D eigenvalue weighted by molar-refractivity contribution is 4.88. The van der Waals surface area contributed by atoms with Gasteiger partial charge in [-0.1, -0.05) is 26.2 Å². The minimum Gasteiger partial charge on any atom is -0.314 e. The fourth-order valence-electron chi connectivity index (χ4n) is 3.95. The van der Waals surface area contributed by atoms with Crippen molar-refractivity contribution in [3.63, 3.8) is 0 Å². The van der Waals surface area contributed by atoms with Gasteiger partial charge >= 0.3 is 0 Å². The zero-order valence-corrected chi connectivity index (χ0v) is 12.1. The molecule has 0 aromatic rings. The van der Waals surface area contributed by atoms with Crippen molar-refractivity contribution in [1.82, 2.24) is 10.2 Å². The molecule has 0 spiro atoms. The van der Waals surface area contributed by atoms with E-state index < -0.39 is 0 Å². The number of hydrogen-bond donors (Lipinski definition) is 1. The van der Waals surface area contributed by atoms with Crippen LogP contribution in [-0.2, 0) is 0 Å². The smallest absolute Gasteiger partial charge is 0.00683 e. The summed E-state index contributed by atoms with van der Waals surface area (Å²) in [6.45, 7) is 7.88. The van der Waals surface area contributed by atoms with Crippen molar-refractivity contribution in [1.29, 1.82) is 0 Å². The summed E-state index contributed by atoms with van der Waals surface area (Å²) < 4.78 is 0. The van der Waals surface area contributed by atoms with E-state index in [9.17, 15) is 0 Å². The van der Waals surface area contributed by atoms with Gasteiger partial charge in [0.25, 0.3) is 0 Å². The van der Waals surface area contributed by atoms with Gasteiger partial charge in [-0.05, 0) is 56.5 Å². The highest BCUT2D eigenvalue weighted by Crippen LogP contribution is 2.37. The van der Waals surface area contributed by atoms with Gasteiger partial charge in [0.15, 0.2) is 0 Å². The molecule has 3 rings (SSSR count). The molecule has 1 saturated heterocycles. The molecule has 0 aromatic heterocycles. The van der Waals surface area contributed by atoms with Crippen molar-refractivity contribution in [3.05, 3.63) is 0 Å². The molecule has 1 N–H and O–H groups in total. The predicted molar refractivity (Wildman–Crippen MR) is 76.8 cm³/mol. The van der Waals surface area contributed by atoms with E-state index >= 15 is 0 Å². The lowest BCUT2D eigenvalue weighted by Crippen LogP contribution is -2.36. The van der Waals surface area contributed by atoms with E-state index in [1.54, 1.807) is 0 Å².